The summed E-state index contributed by atoms with van der Waals surface area (Å²) in [7, 11) is -4.31. The van der Waals surface area contributed by atoms with Gasteiger partial charge < -0.3 is 14.4 Å². The summed E-state index contributed by atoms with van der Waals surface area (Å²) in [5.74, 6) is 1.00. The van der Waals surface area contributed by atoms with Crippen LogP contribution in [0.5, 0.6) is 11.5 Å². The zero-order valence-electron chi connectivity index (χ0n) is 12.9. The summed E-state index contributed by atoms with van der Waals surface area (Å²) in [6, 6.07) is 9.58. The van der Waals surface area contributed by atoms with Gasteiger partial charge in [0.1, 0.15) is 24.0 Å². The second kappa shape index (κ2) is 7.49. The Morgan fingerprint density at radius 2 is 1.71 bits per heavy atom. The first-order valence-corrected chi connectivity index (χ1v) is 9.73. The van der Waals surface area contributed by atoms with Crippen LogP contribution in [0.4, 0.5) is 13.2 Å². The number of ether oxygens (including phenoxy) is 1. The SMILES string of the molecule is COc1cccc2c([S+](C)C)ccc(O)c12.O=S(=O)([O-])C(F)(F)F. The molecule has 2 aromatic carbocycles. The predicted octanol–water partition coefficient (Wildman–Crippen LogP) is 2.84. The first kappa shape index (κ1) is 20.4. The molecule has 5 nitrogen and oxygen atoms in total. The lowest BCUT2D eigenvalue weighted by Gasteiger charge is -2.09. The molecule has 0 aliphatic rings. The summed E-state index contributed by atoms with van der Waals surface area (Å²) in [5, 5.41) is 11.8. The van der Waals surface area contributed by atoms with Crippen LogP contribution in [-0.4, -0.2) is 43.2 Å². The highest BCUT2D eigenvalue weighted by Crippen LogP contribution is 2.36. The number of rotatable bonds is 2. The minimum Gasteiger partial charge on any atom is -0.741 e. The fraction of sp³-hybridized carbons (Fsp3) is 0.286. The second-order valence-electron chi connectivity index (χ2n) is 4.68. The van der Waals surface area contributed by atoms with E-state index in [9.17, 15) is 18.3 Å². The Labute approximate surface area is 140 Å². The Morgan fingerprint density at radius 3 is 2.12 bits per heavy atom. The average Bonchev–Trinajstić information content (AvgIpc) is 2.45. The number of alkyl halides is 3. The van der Waals surface area contributed by atoms with E-state index < -0.39 is 15.6 Å². The van der Waals surface area contributed by atoms with Crippen molar-refractivity contribution in [3.8, 4) is 11.5 Å². The van der Waals surface area contributed by atoms with Crippen molar-refractivity contribution in [2.24, 2.45) is 0 Å². The third-order valence-corrected chi connectivity index (χ3v) is 4.69. The normalized spacial score (nSPS) is 12.0. The van der Waals surface area contributed by atoms with E-state index in [1.54, 1.807) is 13.2 Å². The molecule has 0 heterocycles. The Morgan fingerprint density at radius 1 is 1.17 bits per heavy atom. The molecule has 0 radical (unpaired) electrons. The molecule has 0 aliphatic heterocycles. The van der Waals surface area contributed by atoms with E-state index in [2.05, 4.69) is 12.5 Å². The summed E-state index contributed by atoms with van der Waals surface area (Å²) in [4.78, 5) is 1.26. The quantitative estimate of drug-likeness (QED) is 0.489. The molecule has 0 atom stereocenters. The molecule has 0 unspecified atom stereocenters. The van der Waals surface area contributed by atoms with Crippen LogP contribution in [0, 0.1) is 0 Å². The number of phenols is 1. The van der Waals surface area contributed by atoms with Gasteiger partial charge in [-0.05, 0) is 24.3 Å². The summed E-state index contributed by atoms with van der Waals surface area (Å²) in [6.07, 6.45) is 4.34. The molecule has 0 bridgehead atoms. The van der Waals surface area contributed by atoms with Crippen LogP contribution in [0.15, 0.2) is 35.2 Å². The Kier molecular flexibility index (Phi) is 6.37. The van der Waals surface area contributed by atoms with Gasteiger partial charge in [-0.25, -0.2) is 8.42 Å². The van der Waals surface area contributed by atoms with Crippen LogP contribution in [0.25, 0.3) is 10.8 Å². The third-order valence-electron chi connectivity index (χ3n) is 2.88. The molecule has 10 heteroatoms. The maximum absolute atomic E-state index is 10.7. The third kappa shape index (κ3) is 4.68. The number of fused-ring (bicyclic) bond motifs is 1. The molecular weight excluding hydrogens is 369 g/mol. The van der Waals surface area contributed by atoms with Gasteiger partial charge in [-0.15, -0.1) is 0 Å². The molecule has 2 rings (SSSR count). The monoisotopic (exact) mass is 384 g/mol. The van der Waals surface area contributed by atoms with Crippen molar-refractivity contribution in [2.75, 3.05) is 19.6 Å². The van der Waals surface area contributed by atoms with Crippen molar-refractivity contribution in [2.45, 2.75) is 10.4 Å². The number of methoxy groups -OCH3 is 1. The summed E-state index contributed by atoms with van der Waals surface area (Å²) in [5.41, 5.74) is -5.65. The van der Waals surface area contributed by atoms with Gasteiger partial charge in [-0.3, -0.25) is 0 Å². The maximum Gasteiger partial charge on any atom is 0.485 e. The molecular formula is C14H15F3O5S2. The second-order valence-corrected chi connectivity index (χ2v) is 8.13. The number of hydrogen-bond donors (Lipinski definition) is 1. The van der Waals surface area contributed by atoms with Crippen LogP contribution in [-0.2, 0) is 21.0 Å². The Hall–Kier alpha value is -1.65. The smallest absolute Gasteiger partial charge is 0.485 e. The van der Waals surface area contributed by atoms with Gasteiger partial charge in [0, 0.05) is 16.3 Å². The van der Waals surface area contributed by atoms with E-state index in [0.717, 1.165) is 16.5 Å². The lowest BCUT2D eigenvalue weighted by molar-refractivity contribution is -0.0517. The summed E-state index contributed by atoms with van der Waals surface area (Å²) < 4.78 is 64.2. The van der Waals surface area contributed by atoms with Gasteiger partial charge in [0.25, 0.3) is 0 Å². The number of aromatic hydroxyl groups is 1. The molecule has 0 spiro atoms. The van der Waals surface area contributed by atoms with Crippen LogP contribution in [0.2, 0.25) is 0 Å². The maximum atomic E-state index is 10.7. The van der Waals surface area contributed by atoms with Gasteiger partial charge in [0.05, 0.1) is 12.5 Å². The highest BCUT2D eigenvalue weighted by molar-refractivity contribution is 7.95. The molecule has 0 aromatic heterocycles. The van der Waals surface area contributed by atoms with Crippen LogP contribution in [0.1, 0.15) is 0 Å². The molecule has 24 heavy (non-hydrogen) atoms. The van der Waals surface area contributed by atoms with Crippen molar-refractivity contribution in [3.63, 3.8) is 0 Å². The molecule has 1 N–H and O–H groups in total. The van der Waals surface area contributed by atoms with Crippen molar-refractivity contribution in [1.82, 2.24) is 0 Å². The molecule has 0 fully saturated rings. The van der Waals surface area contributed by atoms with Crippen LogP contribution in [0.3, 0.4) is 0 Å². The first-order chi connectivity index (χ1) is 10.9. The van der Waals surface area contributed by atoms with Crippen molar-refractivity contribution < 1.29 is 36.0 Å². The van der Waals surface area contributed by atoms with E-state index >= 15 is 0 Å². The lowest BCUT2D eigenvalue weighted by Crippen LogP contribution is -2.21. The van der Waals surface area contributed by atoms with E-state index in [1.807, 2.05) is 24.3 Å². The average molecular weight is 384 g/mol. The minimum atomic E-state index is -6.09. The zero-order chi connectivity index (χ0) is 18.7. The number of phenolic OH excluding ortho intramolecular Hbond substituents is 1. The van der Waals surface area contributed by atoms with Gasteiger partial charge in [-0.1, -0.05) is 6.07 Å². The van der Waals surface area contributed by atoms with E-state index in [-0.39, 0.29) is 16.6 Å². The Balaban J connectivity index is 0.000000307. The number of halogens is 3. The highest BCUT2D eigenvalue weighted by atomic mass is 32.2. The minimum absolute atomic E-state index is 0.161. The summed E-state index contributed by atoms with van der Waals surface area (Å²) in [6.45, 7) is 0. The van der Waals surface area contributed by atoms with Crippen LogP contribution >= 0.6 is 0 Å². The molecule has 0 aliphatic carbocycles. The van der Waals surface area contributed by atoms with E-state index in [4.69, 9.17) is 17.7 Å². The van der Waals surface area contributed by atoms with Gasteiger partial charge in [-0.2, -0.15) is 13.2 Å². The fourth-order valence-electron chi connectivity index (χ4n) is 1.85. The van der Waals surface area contributed by atoms with Crippen LogP contribution < -0.4 is 4.74 Å². The van der Waals surface area contributed by atoms with Gasteiger partial charge in [0.15, 0.2) is 15.0 Å². The molecule has 0 amide bonds. The van der Waals surface area contributed by atoms with Crippen molar-refractivity contribution in [1.29, 1.82) is 0 Å². The van der Waals surface area contributed by atoms with Crippen molar-refractivity contribution >= 4 is 31.8 Å². The molecule has 0 saturated heterocycles. The number of hydrogen-bond acceptors (Lipinski definition) is 5. The largest absolute Gasteiger partial charge is 0.741 e. The molecule has 2 aromatic rings. The molecule has 0 saturated carbocycles. The number of benzene rings is 2. The Bertz CT molecular complexity index is 817. The van der Waals surface area contributed by atoms with Gasteiger partial charge >= 0.3 is 5.51 Å². The lowest BCUT2D eigenvalue weighted by atomic mass is 10.1. The predicted molar refractivity (Wildman–Crippen MR) is 85.4 cm³/mol. The standard InChI is InChI=1S/C13H14O2S.CHF3O3S/c1-15-11-6-4-5-9-12(16(2)3)8-7-10(14)13(9)11;2-1(3,4)8(5,6)7/h4-8H,1-3H3;(H,5,6,7). The first-order valence-electron chi connectivity index (χ1n) is 6.28. The molecule has 134 valence electrons. The van der Waals surface area contributed by atoms with E-state index in [1.165, 1.54) is 4.90 Å². The van der Waals surface area contributed by atoms with Crippen molar-refractivity contribution in [3.05, 3.63) is 30.3 Å². The zero-order valence-corrected chi connectivity index (χ0v) is 14.6. The summed E-state index contributed by atoms with van der Waals surface area (Å²) >= 11 is 0. The van der Waals surface area contributed by atoms with Gasteiger partial charge in [0.2, 0.25) is 0 Å². The fourth-order valence-corrected chi connectivity index (χ4v) is 2.80. The highest BCUT2D eigenvalue weighted by Gasteiger charge is 2.36. The topological polar surface area (TPSA) is 86.7 Å². The van der Waals surface area contributed by atoms with E-state index in [0.29, 0.717) is 0 Å².